The first kappa shape index (κ1) is 15.4. The second-order valence-electron chi connectivity index (χ2n) is 5.95. The first-order valence-electron chi connectivity index (χ1n) is 7.59. The Morgan fingerprint density at radius 3 is 2.83 bits per heavy atom. The number of fused-ring (bicyclic) bond motifs is 1. The molecular formula is C17H19NO5. The number of hydrogen-bond donors (Lipinski definition) is 2. The Labute approximate surface area is 134 Å². The first-order valence-corrected chi connectivity index (χ1v) is 7.59. The van der Waals surface area contributed by atoms with E-state index in [0.29, 0.717) is 30.9 Å². The topological polar surface area (TPSA) is 84.9 Å². The fourth-order valence-electron chi connectivity index (χ4n) is 2.98. The molecule has 1 aliphatic carbocycles. The maximum atomic E-state index is 12.4. The van der Waals surface area contributed by atoms with Crippen LogP contribution < -0.4 is 14.8 Å². The predicted octanol–water partition coefficient (Wildman–Crippen LogP) is 2.09. The molecule has 2 N–H and O–H groups in total. The van der Waals surface area contributed by atoms with Crippen LogP contribution in [0, 0.1) is 11.8 Å². The van der Waals surface area contributed by atoms with E-state index in [2.05, 4.69) is 5.32 Å². The van der Waals surface area contributed by atoms with Gasteiger partial charge in [0.25, 0.3) is 0 Å². The van der Waals surface area contributed by atoms with Crippen molar-refractivity contribution in [2.45, 2.75) is 26.3 Å². The highest BCUT2D eigenvalue weighted by atomic mass is 16.7. The zero-order valence-electron chi connectivity index (χ0n) is 12.9. The fraction of sp³-hybridized carbons (Fsp3) is 0.412. The van der Waals surface area contributed by atoms with Gasteiger partial charge in [-0.15, -0.1) is 0 Å². The van der Waals surface area contributed by atoms with Crippen molar-refractivity contribution in [2.24, 2.45) is 11.8 Å². The number of aliphatic carboxylic acids is 1. The molecule has 1 aliphatic heterocycles. The minimum Gasteiger partial charge on any atom is -0.481 e. The van der Waals surface area contributed by atoms with Crippen molar-refractivity contribution < 1.29 is 24.2 Å². The Morgan fingerprint density at radius 2 is 2.04 bits per heavy atom. The second kappa shape index (κ2) is 6.32. The molecule has 0 saturated carbocycles. The lowest BCUT2D eigenvalue weighted by atomic mass is 9.79. The summed E-state index contributed by atoms with van der Waals surface area (Å²) in [5.74, 6) is -0.961. The number of carboxylic acid groups (broad SMARTS) is 1. The van der Waals surface area contributed by atoms with Crippen molar-refractivity contribution in [1.82, 2.24) is 5.32 Å². The third-order valence-electron chi connectivity index (χ3n) is 4.31. The molecule has 1 aromatic carbocycles. The molecule has 6 heteroatoms. The summed E-state index contributed by atoms with van der Waals surface area (Å²) < 4.78 is 10.6. The molecule has 1 aromatic rings. The Morgan fingerprint density at radius 1 is 1.26 bits per heavy atom. The summed E-state index contributed by atoms with van der Waals surface area (Å²) in [6, 6.07) is 5.48. The monoisotopic (exact) mass is 317 g/mol. The van der Waals surface area contributed by atoms with Crippen LogP contribution in [0.5, 0.6) is 11.5 Å². The smallest absolute Gasteiger partial charge is 0.307 e. The lowest BCUT2D eigenvalue weighted by molar-refractivity contribution is -0.147. The van der Waals surface area contributed by atoms with E-state index in [-0.39, 0.29) is 12.7 Å². The Bertz CT molecular complexity index is 667. The van der Waals surface area contributed by atoms with Crippen LogP contribution in [-0.2, 0) is 16.1 Å². The SMILES string of the molecule is CC1=CC[C@@H](C(=O)O)[C@H](C(=O)NCc2ccc3c(c2)OCO3)C1. The van der Waals surface area contributed by atoms with E-state index in [4.69, 9.17) is 9.47 Å². The van der Waals surface area contributed by atoms with Gasteiger partial charge in [0.05, 0.1) is 11.8 Å². The van der Waals surface area contributed by atoms with Crippen LogP contribution in [-0.4, -0.2) is 23.8 Å². The van der Waals surface area contributed by atoms with Crippen molar-refractivity contribution in [3.63, 3.8) is 0 Å². The summed E-state index contributed by atoms with van der Waals surface area (Å²) >= 11 is 0. The largest absolute Gasteiger partial charge is 0.481 e. The zero-order chi connectivity index (χ0) is 16.4. The normalized spacial score (nSPS) is 22.4. The minimum atomic E-state index is -0.919. The van der Waals surface area contributed by atoms with Gasteiger partial charge >= 0.3 is 5.97 Å². The van der Waals surface area contributed by atoms with Crippen molar-refractivity contribution in [3.05, 3.63) is 35.4 Å². The van der Waals surface area contributed by atoms with E-state index in [0.717, 1.165) is 11.1 Å². The van der Waals surface area contributed by atoms with Gasteiger partial charge < -0.3 is 19.9 Å². The van der Waals surface area contributed by atoms with Crippen LogP contribution in [0.25, 0.3) is 0 Å². The lowest BCUT2D eigenvalue weighted by Gasteiger charge is -2.26. The number of nitrogens with one attached hydrogen (secondary N) is 1. The van der Waals surface area contributed by atoms with Gasteiger partial charge in [-0.2, -0.15) is 0 Å². The van der Waals surface area contributed by atoms with Crippen LogP contribution in [0.15, 0.2) is 29.8 Å². The standard InChI is InChI=1S/C17H19NO5/c1-10-2-4-12(17(20)21)13(6-10)16(19)18-8-11-3-5-14-15(7-11)23-9-22-14/h2-3,5,7,12-13H,4,6,8-9H2,1H3,(H,18,19)(H,20,21)/t12-,13-/m1/s1. The molecule has 0 spiro atoms. The molecule has 0 saturated heterocycles. The van der Waals surface area contributed by atoms with Crippen LogP contribution in [0.2, 0.25) is 0 Å². The van der Waals surface area contributed by atoms with Gasteiger partial charge in [0.2, 0.25) is 12.7 Å². The number of amides is 1. The van der Waals surface area contributed by atoms with E-state index in [1.807, 2.05) is 25.1 Å². The average Bonchev–Trinajstić information content (AvgIpc) is 2.99. The molecule has 2 atom stereocenters. The molecule has 3 rings (SSSR count). The molecule has 0 aromatic heterocycles. The Kier molecular flexibility index (Phi) is 4.23. The number of hydrogen-bond acceptors (Lipinski definition) is 4. The summed E-state index contributed by atoms with van der Waals surface area (Å²) in [5.41, 5.74) is 1.95. The molecule has 122 valence electrons. The number of rotatable bonds is 4. The quantitative estimate of drug-likeness (QED) is 0.831. The van der Waals surface area contributed by atoms with E-state index in [1.165, 1.54) is 0 Å². The van der Waals surface area contributed by atoms with Gasteiger partial charge in [-0.05, 0) is 37.5 Å². The molecule has 0 bridgehead atoms. The fourth-order valence-corrected chi connectivity index (χ4v) is 2.98. The van der Waals surface area contributed by atoms with Crippen LogP contribution in [0.1, 0.15) is 25.3 Å². The Balaban J connectivity index is 1.64. The molecular weight excluding hydrogens is 298 g/mol. The summed E-state index contributed by atoms with van der Waals surface area (Å²) in [6.07, 6.45) is 2.80. The number of ether oxygens (including phenoxy) is 2. The maximum absolute atomic E-state index is 12.4. The minimum absolute atomic E-state index is 0.207. The van der Waals surface area contributed by atoms with Crippen LogP contribution in [0.3, 0.4) is 0 Å². The van der Waals surface area contributed by atoms with Crippen molar-refractivity contribution >= 4 is 11.9 Å². The molecule has 0 unspecified atom stereocenters. The molecule has 23 heavy (non-hydrogen) atoms. The van der Waals surface area contributed by atoms with Gasteiger partial charge in [-0.3, -0.25) is 9.59 Å². The molecule has 6 nitrogen and oxygen atoms in total. The van der Waals surface area contributed by atoms with Gasteiger partial charge in [0.1, 0.15) is 0 Å². The van der Waals surface area contributed by atoms with Gasteiger partial charge in [-0.25, -0.2) is 0 Å². The van der Waals surface area contributed by atoms with E-state index in [9.17, 15) is 14.7 Å². The van der Waals surface area contributed by atoms with Gasteiger partial charge in [-0.1, -0.05) is 17.7 Å². The number of carbonyl (C=O) groups excluding carboxylic acids is 1. The van der Waals surface area contributed by atoms with E-state index < -0.39 is 17.8 Å². The third kappa shape index (κ3) is 3.31. The van der Waals surface area contributed by atoms with Crippen LogP contribution >= 0.6 is 0 Å². The maximum Gasteiger partial charge on any atom is 0.307 e. The summed E-state index contributed by atoms with van der Waals surface area (Å²) in [5, 5.41) is 12.1. The molecule has 1 heterocycles. The number of carboxylic acids is 1. The molecule has 1 amide bonds. The van der Waals surface area contributed by atoms with E-state index in [1.54, 1.807) is 6.07 Å². The van der Waals surface area contributed by atoms with E-state index >= 15 is 0 Å². The van der Waals surface area contributed by atoms with Crippen LogP contribution in [0.4, 0.5) is 0 Å². The lowest BCUT2D eigenvalue weighted by Crippen LogP contribution is -2.39. The summed E-state index contributed by atoms with van der Waals surface area (Å²) in [4.78, 5) is 23.7. The molecule has 0 fully saturated rings. The zero-order valence-corrected chi connectivity index (χ0v) is 12.9. The molecule has 2 aliphatic rings. The van der Waals surface area contributed by atoms with Crippen molar-refractivity contribution in [2.75, 3.05) is 6.79 Å². The first-order chi connectivity index (χ1) is 11.0. The predicted molar refractivity (Wildman–Crippen MR) is 82.0 cm³/mol. The highest BCUT2D eigenvalue weighted by Crippen LogP contribution is 2.33. The third-order valence-corrected chi connectivity index (χ3v) is 4.31. The van der Waals surface area contributed by atoms with Crippen molar-refractivity contribution in [3.8, 4) is 11.5 Å². The van der Waals surface area contributed by atoms with Gasteiger partial charge in [0, 0.05) is 6.54 Å². The Hall–Kier alpha value is -2.50. The number of allylic oxidation sites excluding steroid dienone is 2. The second-order valence-corrected chi connectivity index (χ2v) is 5.95. The highest BCUT2D eigenvalue weighted by Gasteiger charge is 2.35. The van der Waals surface area contributed by atoms with Gasteiger partial charge in [0.15, 0.2) is 11.5 Å². The molecule has 0 radical (unpaired) electrons. The number of benzene rings is 1. The number of carbonyl (C=O) groups is 2. The average molecular weight is 317 g/mol. The summed E-state index contributed by atoms with van der Waals surface area (Å²) in [7, 11) is 0. The van der Waals surface area contributed by atoms with Crippen molar-refractivity contribution in [1.29, 1.82) is 0 Å². The highest BCUT2D eigenvalue weighted by molar-refractivity contribution is 5.85. The summed E-state index contributed by atoms with van der Waals surface area (Å²) in [6.45, 7) is 2.47.